The number of imidazole rings is 1. The Labute approximate surface area is 118 Å². The van der Waals surface area contributed by atoms with E-state index in [1.54, 1.807) is 0 Å². The fourth-order valence-corrected chi connectivity index (χ4v) is 2.41. The Hall–Kier alpha value is -1.62. The second kappa shape index (κ2) is 6.02. The van der Waals surface area contributed by atoms with Crippen molar-refractivity contribution in [1.29, 1.82) is 0 Å². The second-order valence-electron chi connectivity index (χ2n) is 4.26. The van der Waals surface area contributed by atoms with Gasteiger partial charge in [-0.05, 0) is 0 Å². The normalized spacial score (nSPS) is 13.7. The van der Waals surface area contributed by atoms with Gasteiger partial charge in [0.2, 0.25) is 5.95 Å². The molecule has 12 heteroatoms. The van der Waals surface area contributed by atoms with E-state index < -0.39 is 32.4 Å². The lowest BCUT2D eigenvalue weighted by Crippen LogP contribution is -2.34. The Morgan fingerprint density at radius 2 is 2.29 bits per heavy atom. The largest absolute Gasteiger partial charge is 0.660 e. The number of hydrogen-bond acceptors (Lipinski definition) is 9. The minimum atomic E-state index is -4.56. The third-order valence-corrected chi connectivity index (χ3v) is 3.45. The van der Waals surface area contributed by atoms with Gasteiger partial charge in [0, 0.05) is 7.94 Å². The van der Waals surface area contributed by atoms with Gasteiger partial charge < -0.3 is 25.4 Å². The minimum Gasteiger partial charge on any atom is -0.660 e. The van der Waals surface area contributed by atoms with Crippen LogP contribution in [0.15, 0.2) is 11.1 Å². The number of ether oxygens (including phenoxy) is 1. The monoisotopic (exact) mass is 318 g/mol. The third kappa shape index (κ3) is 3.94. The van der Waals surface area contributed by atoms with Gasteiger partial charge in [0.1, 0.15) is 19.0 Å². The van der Waals surface area contributed by atoms with Crippen LogP contribution in [0, 0.1) is 0 Å². The molecule has 0 saturated carbocycles. The molecule has 21 heavy (non-hydrogen) atoms. The summed E-state index contributed by atoms with van der Waals surface area (Å²) < 4.78 is 6.46. The average molecular weight is 318 g/mol. The van der Waals surface area contributed by atoms with Crippen LogP contribution in [0.3, 0.4) is 0 Å². The second-order valence-corrected chi connectivity index (χ2v) is 5.90. The van der Waals surface area contributed by atoms with Gasteiger partial charge in [-0.3, -0.25) is 19.2 Å². The number of anilines is 1. The molecule has 5 N–H and O–H groups in total. The summed E-state index contributed by atoms with van der Waals surface area (Å²) in [7, 11) is -4.56. The molecular formula is C9H13N5O6P-. The molecule has 2 aromatic rings. The van der Waals surface area contributed by atoms with Crippen molar-refractivity contribution in [3.05, 3.63) is 16.7 Å². The number of aromatic nitrogens is 4. The van der Waals surface area contributed by atoms with E-state index in [0.717, 1.165) is 0 Å². The van der Waals surface area contributed by atoms with Gasteiger partial charge >= 0.3 is 0 Å². The zero-order valence-corrected chi connectivity index (χ0v) is 11.6. The van der Waals surface area contributed by atoms with Gasteiger partial charge in [-0.2, -0.15) is 4.98 Å². The molecular weight excluding hydrogens is 305 g/mol. The van der Waals surface area contributed by atoms with Crippen molar-refractivity contribution in [3.8, 4) is 0 Å². The fraction of sp³-hybridized carbons (Fsp3) is 0.444. The van der Waals surface area contributed by atoms with Crippen molar-refractivity contribution >= 4 is 25.1 Å². The Balaban J connectivity index is 2.15. The molecule has 0 aromatic carbocycles. The molecule has 1 unspecified atom stereocenters. The van der Waals surface area contributed by atoms with Crippen LogP contribution >= 0.6 is 7.94 Å². The summed E-state index contributed by atoms with van der Waals surface area (Å²) in [6.07, 6.45) is -0.585. The van der Waals surface area contributed by atoms with E-state index in [9.17, 15) is 14.6 Å². The molecule has 0 aliphatic rings. The van der Waals surface area contributed by atoms with Crippen molar-refractivity contribution in [2.45, 2.75) is 12.8 Å². The van der Waals surface area contributed by atoms with Crippen molar-refractivity contribution in [2.75, 3.05) is 18.5 Å². The molecule has 11 nitrogen and oxygen atoms in total. The molecule has 116 valence electrons. The molecule has 2 heterocycles. The molecule has 0 spiro atoms. The van der Waals surface area contributed by atoms with E-state index in [1.807, 2.05) is 0 Å². The molecule has 0 aliphatic heterocycles. The number of nitrogen functional groups attached to an aromatic ring is 1. The molecule has 1 atom stereocenters. The van der Waals surface area contributed by atoms with Crippen LogP contribution < -0.4 is 21.1 Å². The summed E-state index contributed by atoms with van der Waals surface area (Å²) in [5, 5.41) is 9.01. The number of nitrogens with one attached hydrogen (secondary N) is 1. The molecule has 0 amide bonds. The Bertz CT molecular complexity index is 679. The van der Waals surface area contributed by atoms with Crippen molar-refractivity contribution in [3.63, 3.8) is 0 Å². The fourth-order valence-electron chi connectivity index (χ4n) is 1.67. The molecule has 0 fully saturated rings. The van der Waals surface area contributed by atoms with E-state index in [4.69, 9.17) is 20.5 Å². The number of aliphatic hydroxyl groups excluding tert-OH is 1. The highest BCUT2D eigenvalue weighted by Gasteiger charge is 2.19. The van der Waals surface area contributed by atoms with E-state index in [0.29, 0.717) is 0 Å². The first-order chi connectivity index (χ1) is 9.80. The maximum Gasteiger partial charge on any atom is 0.280 e. The molecule has 2 aromatic heterocycles. The average Bonchev–Trinajstić information content (AvgIpc) is 2.76. The maximum atomic E-state index is 11.6. The summed E-state index contributed by atoms with van der Waals surface area (Å²) in [5.74, 6) is -0.104. The topological polar surface area (TPSA) is 185 Å². The Kier molecular flexibility index (Phi) is 4.52. The minimum absolute atomic E-state index is 0.0463. The number of aromatic amines is 1. The van der Waals surface area contributed by atoms with E-state index in [-0.39, 0.29) is 23.8 Å². The van der Waals surface area contributed by atoms with Gasteiger partial charge in [-0.1, -0.05) is 0 Å². The maximum absolute atomic E-state index is 11.6. The van der Waals surface area contributed by atoms with Crippen LogP contribution in [0.5, 0.6) is 0 Å². The van der Waals surface area contributed by atoms with E-state index in [1.165, 1.54) is 10.9 Å². The first-order valence-corrected chi connectivity index (χ1v) is 7.52. The molecule has 0 aliphatic carbocycles. The molecule has 2 rings (SSSR count). The predicted octanol–water partition coefficient (Wildman–Crippen LogP) is -3.49. The van der Waals surface area contributed by atoms with Crippen LogP contribution in [-0.4, -0.2) is 48.4 Å². The quantitative estimate of drug-likeness (QED) is 0.392. The summed E-state index contributed by atoms with van der Waals surface area (Å²) in [5.41, 5.74) is 5.10. The van der Waals surface area contributed by atoms with Crippen LogP contribution in [0.1, 0.15) is 0 Å². The predicted molar refractivity (Wildman–Crippen MR) is 68.5 cm³/mol. The summed E-state index contributed by atoms with van der Waals surface area (Å²) in [6, 6.07) is 0. The number of H-pyrrole nitrogens is 1. The lowest BCUT2D eigenvalue weighted by atomic mass is 10.4. The van der Waals surface area contributed by atoms with Crippen molar-refractivity contribution < 1.29 is 24.5 Å². The number of hydrogen-bond donors (Lipinski definition) is 4. The highest BCUT2D eigenvalue weighted by Crippen LogP contribution is 2.34. The summed E-state index contributed by atoms with van der Waals surface area (Å²) in [6.45, 7) is -0.826. The van der Waals surface area contributed by atoms with Crippen LogP contribution in [-0.2, 0) is 11.5 Å². The number of rotatable bonds is 6. The Morgan fingerprint density at radius 1 is 1.57 bits per heavy atom. The molecule has 0 bridgehead atoms. The van der Waals surface area contributed by atoms with Gasteiger partial charge in [0.05, 0.1) is 12.9 Å². The Morgan fingerprint density at radius 3 is 2.90 bits per heavy atom. The summed E-state index contributed by atoms with van der Waals surface area (Å²) >= 11 is 0. The first kappa shape index (κ1) is 15.8. The number of nitrogens with zero attached hydrogens (tertiary/aromatic N) is 3. The van der Waals surface area contributed by atoms with Crippen molar-refractivity contribution in [2.24, 2.45) is 0 Å². The SMILES string of the molecule is Nc1nc2c(ncn2COC(CO)C[P+]([O-])([O-])O)c(=O)[nH]1. The summed E-state index contributed by atoms with van der Waals surface area (Å²) in [4.78, 5) is 51.8. The van der Waals surface area contributed by atoms with Gasteiger partial charge in [-0.15, -0.1) is 0 Å². The smallest absolute Gasteiger partial charge is 0.280 e. The van der Waals surface area contributed by atoms with Crippen LogP contribution in [0.2, 0.25) is 0 Å². The lowest BCUT2D eigenvalue weighted by molar-refractivity contribution is -0.332. The molecule has 0 radical (unpaired) electrons. The first-order valence-electron chi connectivity index (χ1n) is 5.76. The standard InChI is InChI=1S/C9H14N5O6P/c10-9-12-7-6(8(16)13-9)11-3-14(7)4-20-5(1-15)2-21(17,18)19/h3,5,15H,1-2,4H2,(H2,17,18,19)(H3,10,12,13,16)/p-1. The highest BCUT2D eigenvalue weighted by molar-refractivity contribution is 7.55. The molecule has 0 saturated heterocycles. The van der Waals surface area contributed by atoms with Gasteiger partial charge in [0.15, 0.2) is 11.2 Å². The van der Waals surface area contributed by atoms with Crippen molar-refractivity contribution in [1.82, 2.24) is 19.5 Å². The van der Waals surface area contributed by atoms with Gasteiger partial charge in [-0.25, -0.2) is 4.98 Å². The lowest BCUT2D eigenvalue weighted by Gasteiger charge is -2.30. The van der Waals surface area contributed by atoms with E-state index in [2.05, 4.69) is 15.0 Å². The van der Waals surface area contributed by atoms with E-state index >= 15 is 0 Å². The highest BCUT2D eigenvalue weighted by atomic mass is 31.2. The van der Waals surface area contributed by atoms with Crippen LogP contribution in [0.4, 0.5) is 5.95 Å². The number of fused-ring (bicyclic) bond motifs is 1. The number of aliphatic hydroxyl groups is 1. The number of nitrogens with two attached hydrogens (primary N) is 1. The zero-order valence-electron chi connectivity index (χ0n) is 10.7. The third-order valence-electron chi connectivity index (χ3n) is 2.58. The van der Waals surface area contributed by atoms with Crippen LogP contribution in [0.25, 0.3) is 11.2 Å². The zero-order chi connectivity index (χ0) is 15.6. The van der Waals surface area contributed by atoms with Gasteiger partial charge in [0.25, 0.3) is 5.56 Å².